The molecule has 0 aromatic heterocycles. The fourth-order valence-electron chi connectivity index (χ4n) is 3.82. The van der Waals surface area contributed by atoms with Gasteiger partial charge in [-0.1, -0.05) is 12.1 Å². The highest BCUT2D eigenvalue weighted by Crippen LogP contribution is 2.36. The molecular formula is C22H22F5NO3. The van der Waals surface area contributed by atoms with Crippen molar-refractivity contribution in [2.45, 2.75) is 37.6 Å². The van der Waals surface area contributed by atoms with Gasteiger partial charge in [0.1, 0.15) is 0 Å². The summed E-state index contributed by atoms with van der Waals surface area (Å²) in [5, 5.41) is 0. The minimum absolute atomic E-state index is 0.0784. The summed E-state index contributed by atoms with van der Waals surface area (Å²) in [4.78, 5) is 13.6. The zero-order chi connectivity index (χ0) is 22.6. The van der Waals surface area contributed by atoms with Crippen LogP contribution in [0, 0.1) is 0 Å². The van der Waals surface area contributed by atoms with Crippen molar-refractivity contribution in [1.29, 1.82) is 0 Å². The van der Waals surface area contributed by atoms with Gasteiger partial charge in [0.2, 0.25) is 0 Å². The third-order valence-electron chi connectivity index (χ3n) is 5.45. The smallest absolute Gasteiger partial charge is 0.416 e. The van der Waals surface area contributed by atoms with Gasteiger partial charge in [0.15, 0.2) is 0 Å². The zero-order valence-electron chi connectivity index (χ0n) is 16.7. The number of hydrogen-bond donors (Lipinski definition) is 0. The highest BCUT2D eigenvalue weighted by atomic mass is 19.4. The largest absolute Gasteiger partial charge is 0.465 e. The van der Waals surface area contributed by atoms with Gasteiger partial charge in [-0.25, -0.2) is 4.79 Å². The maximum atomic E-state index is 12.8. The van der Waals surface area contributed by atoms with Crippen molar-refractivity contribution in [3.8, 4) is 0 Å². The van der Waals surface area contributed by atoms with Gasteiger partial charge in [0.25, 0.3) is 0 Å². The van der Waals surface area contributed by atoms with E-state index in [9.17, 15) is 26.7 Å². The van der Waals surface area contributed by atoms with Crippen LogP contribution < -0.4 is 4.90 Å². The molecular weight excluding hydrogens is 421 g/mol. The van der Waals surface area contributed by atoms with Crippen molar-refractivity contribution in [3.63, 3.8) is 0 Å². The number of halogens is 5. The minimum Gasteiger partial charge on any atom is -0.465 e. The fraction of sp³-hybridized carbons (Fsp3) is 0.409. The zero-order valence-corrected chi connectivity index (χ0v) is 16.7. The molecule has 3 rings (SSSR count). The van der Waals surface area contributed by atoms with Gasteiger partial charge >= 0.3 is 18.8 Å². The van der Waals surface area contributed by atoms with Crippen molar-refractivity contribution < 1.29 is 36.2 Å². The molecule has 0 spiro atoms. The molecule has 2 atom stereocenters. The molecule has 1 saturated heterocycles. The Balaban J connectivity index is 1.82. The average molecular weight is 443 g/mol. The van der Waals surface area contributed by atoms with E-state index < -0.39 is 24.3 Å². The number of methoxy groups -OCH3 is 1. The van der Waals surface area contributed by atoms with Crippen LogP contribution in [0.25, 0.3) is 0 Å². The van der Waals surface area contributed by atoms with Crippen LogP contribution in [0.3, 0.4) is 0 Å². The van der Waals surface area contributed by atoms with Crippen molar-refractivity contribution in [2.75, 3.05) is 25.2 Å². The Hall–Kier alpha value is -2.68. The topological polar surface area (TPSA) is 38.8 Å². The fourth-order valence-corrected chi connectivity index (χ4v) is 3.82. The first-order valence-corrected chi connectivity index (χ1v) is 9.71. The molecule has 2 unspecified atom stereocenters. The van der Waals surface area contributed by atoms with Crippen LogP contribution in [-0.4, -0.2) is 38.9 Å². The van der Waals surface area contributed by atoms with Crippen molar-refractivity contribution in [2.24, 2.45) is 0 Å². The predicted octanol–water partition coefficient (Wildman–Crippen LogP) is 5.48. The maximum Gasteiger partial charge on any atom is 0.416 e. The van der Waals surface area contributed by atoms with E-state index in [0.29, 0.717) is 30.6 Å². The van der Waals surface area contributed by atoms with Crippen LogP contribution in [-0.2, 0) is 15.7 Å². The summed E-state index contributed by atoms with van der Waals surface area (Å²) in [6, 6.07) is 11.2. The summed E-state index contributed by atoms with van der Waals surface area (Å²) in [5.74, 6) is -0.573. The molecule has 0 radical (unpaired) electrons. The van der Waals surface area contributed by atoms with Crippen LogP contribution in [0.1, 0.15) is 40.2 Å². The van der Waals surface area contributed by atoms with Crippen molar-refractivity contribution >= 4 is 11.7 Å². The number of ether oxygens (including phenoxy) is 2. The number of piperidine rings is 1. The second-order valence-corrected chi connectivity index (χ2v) is 7.33. The summed E-state index contributed by atoms with van der Waals surface area (Å²) in [5.41, 5.74) is 1.08. The molecule has 1 aliphatic rings. The van der Waals surface area contributed by atoms with Gasteiger partial charge in [-0.15, -0.1) is 0 Å². The molecule has 168 valence electrons. The predicted molar refractivity (Wildman–Crippen MR) is 104 cm³/mol. The number of benzene rings is 2. The molecule has 9 heteroatoms. The number of alkyl halides is 5. The van der Waals surface area contributed by atoms with Gasteiger partial charge in [-0.05, 0) is 54.8 Å². The molecule has 4 nitrogen and oxygen atoms in total. The number of hydrogen-bond acceptors (Lipinski definition) is 4. The van der Waals surface area contributed by atoms with Gasteiger partial charge in [0, 0.05) is 18.2 Å². The van der Waals surface area contributed by atoms with Gasteiger partial charge in [-0.3, -0.25) is 0 Å². The highest BCUT2D eigenvalue weighted by Gasteiger charge is 2.32. The Morgan fingerprint density at radius 2 is 1.71 bits per heavy atom. The molecule has 0 N–H and O–H groups in total. The number of carbonyl (C=O) groups excluding carboxylic acids is 1. The molecule has 1 aliphatic heterocycles. The van der Waals surface area contributed by atoms with E-state index in [1.165, 1.54) is 19.2 Å². The number of esters is 1. The molecule has 0 saturated carbocycles. The summed E-state index contributed by atoms with van der Waals surface area (Å²) in [7, 11) is 1.27. The highest BCUT2D eigenvalue weighted by molar-refractivity contribution is 5.89. The molecule has 2 aromatic carbocycles. The second-order valence-electron chi connectivity index (χ2n) is 7.33. The van der Waals surface area contributed by atoms with E-state index >= 15 is 0 Å². The number of anilines is 1. The number of rotatable bonds is 6. The summed E-state index contributed by atoms with van der Waals surface area (Å²) >= 11 is 0. The average Bonchev–Trinajstić information content (AvgIpc) is 2.76. The first-order chi connectivity index (χ1) is 14.7. The van der Waals surface area contributed by atoms with E-state index in [4.69, 9.17) is 0 Å². The Bertz CT molecular complexity index is 868. The molecule has 0 bridgehead atoms. The van der Waals surface area contributed by atoms with E-state index in [1.807, 2.05) is 4.90 Å². The monoisotopic (exact) mass is 443 g/mol. The summed E-state index contributed by atoms with van der Waals surface area (Å²) < 4.78 is 72.9. The van der Waals surface area contributed by atoms with Gasteiger partial charge in [-0.2, -0.15) is 22.0 Å². The van der Waals surface area contributed by atoms with Crippen molar-refractivity contribution in [3.05, 3.63) is 65.2 Å². The standard InChI is InChI=1S/C22H22F5NO3/c1-30-20(29)15-4-9-18(10-5-15)28-12-16(6-11-19(28)13-31-21(23)24)14-2-7-17(8-3-14)22(25,26)27/h2-5,7-10,16,19,21H,6,11-13H2,1H3. The Morgan fingerprint density at radius 3 is 2.26 bits per heavy atom. The third-order valence-corrected chi connectivity index (χ3v) is 5.45. The molecule has 2 aromatic rings. The van der Waals surface area contributed by atoms with Crippen LogP contribution >= 0.6 is 0 Å². The minimum atomic E-state index is -4.41. The summed E-state index contributed by atoms with van der Waals surface area (Å²) in [6.07, 6.45) is -3.26. The van der Waals surface area contributed by atoms with E-state index in [-0.39, 0.29) is 18.6 Å². The quantitative estimate of drug-likeness (QED) is 0.438. The van der Waals surface area contributed by atoms with Gasteiger partial charge < -0.3 is 14.4 Å². The Morgan fingerprint density at radius 1 is 1.06 bits per heavy atom. The lowest BCUT2D eigenvalue weighted by Gasteiger charge is -2.41. The normalized spacial score (nSPS) is 19.5. The first kappa shape index (κ1) is 23.0. The van der Waals surface area contributed by atoms with Crippen LogP contribution in [0.4, 0.5) is 27.6 Å². The molecule has 1 fully saturated rings. The summed E-state index contributed by atoms with van der Waals surface area (Å²) in [6.45, 7) is -2.66. The van der Waals surface area contributed by atoms with Crippen LogP contribution in [0.5, 0.6) is 0 Å². The van der Waals surface area contributed by atoms with E-state index in [2.05, 4.69) is 9.47 Å². The lowest BCUT2D eigenvalue weighted by molar-refractivity contribution is -0.137. The molecule has 0 amide bonds. The van der Waals surface area contributed by atoms with E-state index in [1.54, 1.807) is 24.3 Å². The van der Waals surface area contributed by atoms with Gasteiger partial charge in [0.05, 0.1) is 30.9 Å². The lowest BCUT2D eigenvalue weighted by Crippen LogP contribution is -2.45. The number of nitrogens with zero attached hydrogens (tertiary/aromatic N) is 1. The molecule has 31 heavy (non-hydrogen) atoms. The second kappa shape index (κ2) is 9.64. The SMILES string of the molecule is COC(=O)c1ccc(N2CC(c3ccc(C(F)(F)F)cc3)CCC2COC(F)F)cc1. The maximum absolute atomic E-state index is 12.8. The molecule has 1 heterocycles. The Labute approximate surface area is 176 Å². The van der Waals surface area contributed by atoms with E-state index in [0.717, 1.165) is 17.7 Å². The third kappa shape index (κ3) is 5.72. The lowest BCUT2D eigenvalue weighted by atomic mass is 9.86. The Kier molecular flexibility index (Phi) is 7.15. The van der Waals surface area contributed by atoms with Crippen LogP contribution in [0.2, 0.25) is 0 Å². The van der Waals surface area contributed by atoms with Crippen LogP contribution in [0.15, 0.2) is 48.5 Å². The first-order valence-electron chi connectivity index (χ1n) is 9.71. The van der Waals surface area contributed by atoms with Crippen molar-refractivity contribution in [1.82, 2.24) is 0 Å². The number of carbonyl (C=O) groups is 1. The molecule has 0 aliphatic carbocycles.